The highest BCUT2D eigenvalue weighted by Crippen LogP contribution is 2.03. The standard InChI is InChI=1S/C11H13N3O2/c1-14(7-3-6-12)8-9-4-2-5-10(13-9)11(15)16/h2,4-5H,3,7-8H2,1H3,(H,15,16). The monoisotopic (exact) mass is 219 g/mol. The van der Waals surface area contributed by atoms with Crippen LogP contribution < -0.4 is 0 Å². The van der Waals surface area contributed by atoms with Gasteiger partial charge in [0.15, 0.2) is 0 Å². The van der Waals surface area contributed by atoms with Crippen LogP contribution in [0.4, 0.5) is 0 Å². The van der Waals surface area contributed by atoms with Gasteiger partial charge < -0.3 is 5.11 Å². The van der Waals surface area contributed by atoms with Crippen molar-refractivity contribution in [2.24, 2.45) is 0 Å². The van der Waals surface area contributed by atoms with E-state index in [1.54, 1.807) is 12.1 Å². The van der Waals surface area contributed by atoms with E-state index in [0.717, 1.165) is 0 Å². The van der Waals surface area contributed by atoms with Gasteiger partial charge >= 0.3 is 5.97 Å². The molecule has 0 fully saturated rings. The summed E-state index contributed by atoms with van der Waals surface area (Å²) >= 11 is 0. The van der Waals surface area contributed by atoms with Crippen LogP contribution in [0.25, 0.3) is 0 Å². The van der Waals surface area contributed by atoms with Gasteiger partial charge in [-0.2, -0.15) is 5.26 Å². The summed E-state index contributed by atoms with van der Waals surface area (Å²) < 4.78 is 0. The predicted octanol–water partition coefficient (Wildman–Crippen LogP) is 1.13. The number of carboxylic acid groups (broad SMARTS) is 1. The summed E-state index contributed by atoms with van der Waals surface area (Å²) in [4.78, 5) is 16.6. The van der Waals surface area contributed by atoms with Gasteiger partial charge in [-0.05, 0) is 19.2 Å². The molecule has 84 valence electrons. The van der Waals surface area contributed by atoms with Gasteiger partial charge in [0.05, 0.1) is 11.8 Å². The first-order valence-corrected chi connectivity index (χ1v) is 4.88. The Morgan fingerprint density at radius 2 is 2.38 bits per heavy atom. The third-order valence-electron chi connectivity index (χ3n) is 2.06. The molecule has 0 spiro atoms. The second-order valence-corrected chi connectivity index (χ2v) is 3.47. The smallest absolute Gasteiger partial charge is 0.354 e. The summed E-state index contributed by atoms with van der Waals surface area (Å²) in [5.41, 5.74) is 0.742. The average molecular weight is 219 g/mol. The van der Waals surface area contributed by atoms with Crippen molar-refractivity contribution in [1.29, 1.82) is 5.26 Å². The van der Waals surface area contributed by atoms with Crippen LogP contribution >= 0.6 is 0 Å². The molecule has 0 aliphatic rings. The summed E-state index contributed by atoms with van der Waals surface area (Å²) in [6.45, 7) is 1.19. The fraction of sp³-hybridized carbons (Fsp3) is 0.364. The molecule has 5 nitrogen and oxygen atoms in total. The molecule has 1 aromatic rings. The van der Waals surface area contributed by atoms with E-state index in [9.17, 15) is 4.79 Å². The average Bonchev–Trinajstić information content (AvgIpc) is 2.26. The third-order valence-corrected chi connectivity index (χ3v) is 2.06. The summed E-state index contributed by atoms with van der Waals surface area (Å²) in [5, 5.41) is 17.2. The van der Waals surface area contributed by atoms with Crippen LogP contribution in [-0.4, -0.2) is 34.6 Å². The first-order valence-electron chi connectivity index (χ1n) is 4.88. The van der Waals surface area contributed by atoms with Crippen molar-refractivity contribution in [3.05, 3.63) is 29.6 Å². The molecule has 0 saturated carbocycles. The van der Waals surface area contributed by atoms with Gasteiger partial charge in [0, 0.05) is 19.5 Å². The Hall–Kier alpha value is -1.93. The molecule has 0 saturated heterocycles. The van der Waals surface area contributed by atoms with Crippen molar-refractivity contribution >= 4 is 5.97 Å². The van der Waals surface area contributed by atoms with Crippen molar-refractivity contribution < 1.29 is 9.90 Å². The minimum atomic E-state index is -1.03. The highest BCUT2D eigenvalue weighted by atomic mass is 16.4. The highest BCUT2D eigenvalue weighted by Gasteiger charge is 2.06. The molecule has 0 aliphatic carbocycles. The second kappa shape index (κ2) is 5.83. The topological polar surface area (TPSA) is 77.2 Å². The molecular formula is C11H13N3O2. The maximum absolute atomic E-state index is 10.7. The number of rotatable bonds is 5. The first-order chi connectivity index (χ1) is 7.63. The van der Waals surface area contributed by atoms with E-state index in [2.05, 4.69) is 11.1 Å². The molecule has 1 N–H and O–H groups in total. The summed E-state index contributed by atoms with van der Waals surface area (Å²) in [7, 11) is 1.87. The van der Waals surface area contributed by atoms with Crippen molar-refractivity contribution in [3.8, 4) is 6.07 Å². The Labute approximate surface area is 93.9 Å². The number of pyridine rings is 1. The molecule has 1 aromatic heterocycles. The van der Waals surface area contributed by atoms with Crippen LogP contribution in [0.2, 0.25) is 0 Å². The van der Waals surface area contributed by atoms with Crippen LogP contribution in [0, 0.1) is 11.3 Å². The number of carbonyl (C=O) groups is 1. The van der Waals surface area contributed by atoms with E-state index in [4.69, 9.17) is 10.4 Å². The Kier molecular flexibility index (Phi) is 4.42. The zero-order chi connectivity index (χ0) is 12.0. The zero-order valence-corrected chi connectivity index (χ0v) is 9.05. The highest BCUT2D eigenvalue weighted by molar-refractivity contribution is 5.85. The van der Waals surface area contributed by atoms with Crippen molar-refractivity contribution in [2.75, 3.05) is 13.6 Å². The van der Waals surface area contributed by atoms with E-state index in [1.807, 2.05) is 11.9 Å². The molecule has 16 heavy (non-hydrogen) atoms. The first kappa shape index (κ1) is 12.1. The maximum Gasteiger partial charge on any atom is 0.354 e. The van der Waals surface area contributed by atoms with Gasteiger partial charge in [0.2, 0.25) is 0 Å². The van der Waals surface area contributed by atoms with Gasteiger partial charge in [-0.3, -0.25) is 4.90 Å². The lowest BCUT2D eigenvalue weighted by Crippen LogP contribution is -2.20. The Morgan fingerprint density at radius 3 is 3.00 bits per heavy atom. The predicted molar refractivity (Wildman–Crippen MR) is 57.8 cm³/mol. The number of carboxylic acids is 1. The molecule has 1 rings (SSSR count). The van der Waals surface area contributed by atoms with Gasteiger partial charge in [-0.15, -0.1) is 0 Å². The largest absolute Gasteiger partial charge is 0.477 e. The minimum absolute atomic E-state index is 0.0474. The van der Waals surface area contributed by atoms with Crippen LogP contribution in [0.5, 0.6) is 0 Å². The lowest BCUT2D eigenvalue weighted by atomic mass is 10.3. The Bertz CT molecular complexity index is 412. The molecule has 0 atom stereocenters. The number of nitriles is 1. The Morgan fingerprint density at radius 1 is 1.62 bits per heavy atom. The van der Waals surface area contributed by atoms with Crippen molar-refractivity contribution in [3.63, 3.8) is 0 Å². The van der Waals surface area contributed by atoms with E-state index in [-0.39, 0.29) is 5.69 Å². The van der Waals surface area contributed by atoms with Crippen LogP contribution in [-0.2, 0) is 6.54 Å². The molecular weight excluding hydrogens is 206 g/mol. The Balaban J connectivity index is 2.63. The van der Waals surface area contributed by atoms with Gasteiger partial charge in [0.25, 0.3) is 0 Å². The SMILES string of the molecule is CN(CCC#N)Cc1cccc(C(=O)O)n1. The second-order valence-electron chi connectivity index (χ2n) is 3.47. The van der Waals surface area contributed by atoms with Gasteiger partial charge in [0.1, 0.15) is 5.69 Å². The molecule has 5 heteroatoms. The fourth-order valence-corrected chi connectivity index (χ4v) is 1.28. The van der Waals surface area contributed by atoms with Gasteiger partial charge in [-0.25, -0.2) is 9.78 Å². The summed E-state index contributed by atoms with van der Waals surface area (Å²) in [6, 6.07) is 6.96. The summed E-state index contributed by atoms with van der Waals surface area (Å²) in [6.07, 6.45) is 0.453. The number of hydrogen-bond donors (Lipinski definition) is 1. The third kappa shape index (κ3) is 3.67. The lowest BCUT2D eigenvalue weighted by molar-refractivity contribution is 0.0690. The van der Waals surface area contributed by atoms with Crippen molar-refractivity contribution in [2.45, 2.75) is 13.0 Å². The molecule has 0 unspecified atom stereocenters. The molecule has 0 aliphatic heterocycles. The fourth-order valence-electron chi connectivity index (χ4n) is 1.28. The van der Waals surface area contributed by atoms with Gasteiger partial charge in [-0.1, -0.05) is 6.07 Å². The van der Waals surface area contributed by atoms with E-state index in [1.165, 1.54) is 6.07 Å². The zero-order valence-electron chi connectivity index (χ0n) is 9.05. The number of nitrogens with zero attached hydrogens (tertiary/aromatic N) is 3. The molecule has 0 amide bonds. The maximum atomic E-state index is 10.7. The van der Waals surface area contributed by atoms with Crippen LogP contribution in [0.3, 0.4) is 0 Å². The van der Waals surface area contributed by atoms with Crippen LogP contribution in [0.15, 0.2) is 18.2 Å². The quantitative estimate of drug-likeness (QED) is 0.803. The summed E-state index contributed by atoms with van der Waals surface area (Å²) in [5.74, 6) is -1.03. The number of aromatic nitrogens is 1. The molecule has 0 aromatic carbocycles. The molecule has 0 bridgehead atoms. The van der Waals surface area contributed by atoms with E-state index < -0.39 is 5.97 Å². The van der Waals surface area contributed by atoms with E-state index >= 15 is 0 Å². The number of aromatic carboxylic acids is 1. The lowest BCUT2D eigenvalue weighted by Gasteiger charge is -2.14. The van der Waals surface area contributed by atoms with Crippen LogP contribution in [0.1, 0.15) is 22.6 Å². The van der Waals surface area contributed by atoms with E-state index in [0.29, 0.717) is 25.2 Å². The van der Waals surface area contributed by atoms with Crippen molar-refractivity contribution in [1.82, 2.24) is 9.88 Å². The molecule has 1 heterocycles. The number of hydrogen-bond acceptors (Lipinski definition) is 4. The normalized spacial score (nSPS) is 10.1. The minimum Gasteiger partial charge on any atom is -0.477 e. The molecule has 0 radical (unpaired) electrons.